The molecule has 0 fully saturated rings. The molecular formula is C35H28N2O4. The predicted molar refractivity (Wildman–Crippen MR) is 163 cm³/mol. The van der Waals surface area contributed by atoms with Gasteiger partial charge < -0.3 is 20.3 Å². The van der Waals surface area contributed by atoms with Gasteiger partial charge in [0.2, 0.25) is 0 Å². The van der Waals surface area contributed by atoms with Crippen molar-refractivity contribution < 1.29 is 19.7 Å². The molecule has 0 radical (unpaired) electrons. The first kappa shape index (κ1) is 25.9. The van der Waals surface area contributed by atoms with Gasteiger partial charge in [0.1, 0.15) is 11.5 Å². The van der Waals surface area contributed by atoms with Crippen molar-refractivity contribution in [1.29, 1.82) is 0 Å². The number of aliphatic hydroxyl groups is 1. The van der Waals surface area contributed by atoms with Crippen molar-refractivity contribution in [3.05, 3.63) is 139 Å². The summed E-state index contributed by atoms with van der Waals surface area (Å²) in [6, 6.07) is 39.4. The van der Waals surface area contributed by atoms with Crippen molar-refractivity contribution in [3.8, 4) is 22.6 Å². The van der Waals surface area contributed by atoms with Gasteiger partial charge in [-0.15, -0.1) is 0 Å². The standard InChI is InChI=1S/C35H28N2O4/c38-22-26-21-25-14-8-10-18-29(25)32(33(26)39)31-28-17-9-7-11-23(28)19-20-30(31)41-34(24-12-3-1-4-13-24)37-35(40)36-27-15-5-2-6-16-27/h1-21,34,38-39H,22H2,(H2,36,37,40)/t34-/m0/s1. The fourth-order valence-corrected chi connectivity index (χ4v) is 5.12. The van der Waals surface area contributed by atoms with E-state index in [1.54, 1.807) is 18.2 Å². The van der Waals surface area contributed by atoms with Crippen LogP contribution in [0.5, 0.6) is 11.5 Å². The second-order valence-electron chi connectivity index (χ2n) is 9.67. The van der Waals surface area contributed by atoms with Crippen LogP contribution in [0.2, 0.25) is 0 Å². The number of carbonyl (C=O) groups is 1. The van der Waals surface area contributed by atoms with E-state index < -0.39 is 12.3 Å². The molecule has 2 amide bonds. The van der Waals surface area contributed by atoms with Crippen LogP contribution in [0.4, 0.5) is 10.5 Å². The topological polar surface area (TPSA) is 90.8 Å². The molecule has 0 aromatic heterocycles. The number of carbonyl (C=O) groups excluding carboxylic acids is 1. The summed E-state index contributed by atoms with van der Waals surface area (Å²) >= 11 is 0. The highest BCUT2D eigenvalue weighted by Crippen LogP contribution is 2.47. The van der Waals surface area contributed by atoms with E-state index in [1.165, 1.54) is 0 Å². The molecule has 4 N–H and O–H groups in total. The maximum Gasteiger partial charge on any atom is 0.322 e. The quantitative estimate of drug-likeness (QED) is 0.156. The number of ether oxygens (including phenoxy) is 1. The lowest BCUT2D eigenvalue weighted by molar-refractivity contribution is 0.170. The van der Waals surface area contributed by atoms with Crippen LogP contribution < -0.4 is 15.4 Å². The first-order valence-corrected chi connectivity index (χ1v) is 13.3. The number of fused-ring (bicyclic) bond motifs is 2. The fraction of sp³-hybridized carbons (Fsp3) is 0.0571. The lowest BCUT2D eigenvalue weighted by Crippen LogP contribution is -2.35. The maximum absolute atomic E-state index is 13.1. The summed E-state index contributed by atoms with van der Waals surface area (Å²) in [4.78, 5) is 13.1. The normalized spacial score (nSPS) is 11.7. The zero-order valence-electron chi connectivity index (χ0n) is 22.1. The first-order chi connectivity index (χ1) is 20.1. The Hall–Kier alpha value is -5.33. The van der Waals surface area contributed by atoms with Gasteiger partial charge in [-0.1, -0.05) is 103 Å². The molecule has 0 unspecified atom stereocenters. The highest BCUT2D eigenvalue weighted by atomic mass is 16.5. The van der Waals surface area contributed by atoms with Gasteiger partial charge in [-0.25, -0.2) is 4.79 Å². The van der Waals surface area contributed by atoms with Gasteiger partial charge in [-0.3, -0.25) is 5.32 Å². The Labute approximate surface area is 237 Å². The Bertz CT molecular complexity index is 1840. The number of benzene rings is 6. The molecule has 6 rings (SSSR count). The molecule has 6 aromatic rings. The predicted octanol–water partition coefficient (Wildman–Crippen LogP) is 7.76. The lowest BCUT2D eigenvalue weighted by atomic mass is 9.90. The molecular weight excluding hydrogens is 512 g/mol. The van der Waals surface area contributed by atoms with E-state index in [4.69, 9.17) is 4.74 Å². The van der Waals surface area contributed by atoms with E-state index in [9.17, 15) is 15.0 Å². The van der Waals surface area contributed by atoms with Crippen molar-refractivity contribution >= 4 is 33.3 Å². The Balaban J connectivity index is 1.51. The van der Waals surface area contributed by atoms with Crippen LogP contribution in [0.15, 0.2) is 127 Å². The van der Waals surface area contributed by atoms with Crippen LogP contribution in [0.1, 0.15) is 17.4 Å². The lowest BCUT2D eigenvalue weighted by Gasteiger charge is -2.24. The minimum absolute atomic E-state index is 0.0153. The van der Waals surface area contributed by atoms with Gasteiger partial charge in [-0.2, -0.15) is 0 Å². The van der Waals surface area contributed by atoms with Gasteiger partial charge in [0.25, 0.3) is 0 Å². The Morgan fingerprint density at radius 2 is 1.32 bits per heavy atom. The van der Waals surface area contributed by atoms with Gasteiger partial charge in [-0.05, 0) is 45.8 Å². The average Bonchev–Trinajstić information content (AvgIpc) is 3.01. The Kier molecular flexibility index (Phi) is 7.22. The van der Waals surface area contributed by atoms with Crippen LogP contribution in [0.3, 0.4) is 0 Å². The number of urea groups is 1. The minimum Gasteiger partial charge on any atom is -0.507 e. The number of hydrogen-bond donors (Lipinski definition) is 4. The highest BCUT2D eigenvalue weighted by molar-refractivity contribution is 6.10. The molecule has 202 valence electrons. The van der Waals surface area contributed by atoms with Crippen LogP contribution >= 0.6 is 0 Å². The van der Waals surface area contributed by atoms with E-state index in [0.717, 1.165) is 27.1 Å². The Morgan fingerprint density at radius 1 is 0.707 bits per heavy atom. The summed E-state index contributed by atoms with van der Waals surface area (Å²) in [7, 11) is 0. The van der Waals surface area contributed by atoms with Crippen molar-refractivity contribution in [2.75, 3.05) is 5.32 Å². The third-order valence-electron chi connectivity index (χ3n) is 7.05. The number of anilines is 1. The molecule has 0 bridgehead atoms. The number of hydrogen-bond acceptors (Lipinski definition) is 4. The minimum atomic E-state index is -0.853. The molecule has 0 heterocycles. The highest BCUT2D eigenvalue weighted by Gasteiger charge is 2.24. The molecule has 1 atom stereocenters. The number of rotatable bonds is 7. The smallest absolute Gasteiger partial charge is 0.322 e. The van der Waals surface area contributed by atoms with Crippen molar-refractivity contribution in [3.63, 3.8) is 0 Å². The van der Waals surface area contributed by atoms with E-state index in [0.29, 0.717) is 28.1 Å². The summed E-state index contributed by atoms with van der Waals surface area (Å²) in [5.41, 5.74) is 3.03. The third kappa shape index (κ3) is 5.29. The number of phenols is 1. The van der Waals surface area contributed by atoms with Gasteiger partial charge in [0, 0.05) is 27.9 Å². The van der Waals surface area contributed by atoms with Crippen molar-refractivity contribution in [1.82, 2.24) is 5.32 Å². The molecule has 6 nitrogen and oxygen atoms in total. The second-order valence-corrected chi connectivity index (χ2v) is 9.67. The van der Waals surface area contributed by atoms with E-state index in [1.807, 2.05) is 109 Å². The third-order valence-corrected chi connectivity index (χ3v) is 7.05. The van der Waals surface area contributed by atoms with Crippen LogP contribution in [-0.2, 0) is 6.61 Å². The number of para-hydroxylation sites is 1. The van der Waals surface area contributed by atoms with E-state index in [-0.39, 0.29) is 12.4 Å². The molecule has 0 spiro atoms. The van der Waals surface area contributed by atoms with Crippen LogP contribution in [-0.4, -0.2) is 16.2 Å². The van der Waals surface area contributed by atoms with Gasteiger partial charge >= 0.3 is 6.03 Å². The largest absolute Gasteiger partial charge is 0.507 e. The zero-order chi connectivity index (χ0) is 28.2. The molecule has 0 aliphatic rings. The average molecular weight is 541 g/mol. The first-order valence-electron chi connectivity index (χ1n) is 13.3. The van der Waals surface area contributed by atoms with E-state index >= 15 is 0 Å². The maximum atomic E-state index is 13.1. The molecule has 0 aliphatic carbocycles. The zero-order valence-corrected chi connectivity index (χ0v) is 22.1. The number of nitrogens with one attached hydrogen (secondary N) is 2. The number of aromatic hydroxyl groups is 1. The molecule has 0 saturated heterocycles. The van der Waals surface area contributed by atoms with Crippen LogP contribution in [0.25, 0.3) is 32.7 Å². The fourth-order valence-electron chi connectivity index (χ4n) is 5.12. The molecule has 0 saturated carbocycles. The summed E-state index contributed by atoms with van der Waals surface area (Å²) < 4.78 is 6.63. The van der Waals surface area contributed by atoms with Gasteiger partial charge in [0.15, 0.2) is 6.23 Å². The molecule has 41 heavy (non-hydrogen) atoms. The van der Waals surface area contributed by atoms with Crippen LogP contribution in [0, 0.1) is 0 Å². The summed E-state index contributed by atoms with van der Waals surface area (Å²) in [6.45, 7) is -0.321. The summed E-state index contributed by atoms with van der Waals surface area (Å²) in [5, 5.41) is 30.9. The number of amides is 2. The SMILES string of the molecule is O=C(Nc1ccccc1)N[C@@H](Oc1ccc2ccccc2c1-c1c(O)c(CO)cc2ccccc12)c1ccccc1. The van der Waals surface area contributed by atoms with Crippen molar-refractivity contribution in [2.24, 2.45) is 0 Å². The van der Waals surface area contributed by atoms with Gasteiger partial charge in [0.05, 0.1) is 6.61 Å². The number of aliphatic hydroxyl groups excluding tert-OH is 1. The van der Waals surface area contributed by atoms with E-state index in [2.05, 4.69) is 10.6 Å². The second kappa shape index (κ2) is 11.4. The summed E-state index contributed by atoms with van der Waals surface area (Å²) in [5.74, 6) is 0.451. The monoisotopic (exact) mass is 540 g/mol. The van der Waals surface area contributed by atoms with Crippen molar-refractivity contribution in [2.45, 2.75) is 12.8 Å². The molecule has 6 heteroatoms. The summed E-state index contributed by atoms with van der Waals surface area (Å²) in [6.07, 6.45) is -0.853. The Morgan fingerprint density at radius 3 is 2.02 bits per heavy atom. The molecule has 6 aromatic carbocycles. The molecule has 0 aliphatic heterocycles.